The highest BCUT2D eigenvalue weighted by Crippen LogP contribution is 2.36. The minimum Gasteiger partial charge on any atom is -0.280 e. The predicted octanol–water partition coefficient (Wildman–Crippen LogP) is 5.18. The molecule has 2 aromatic carbocycles. The minimum atomic E-state index is -4.89. The Labute approximate surface area is 143 Å². The lowest BCUT2D eigenvalue weighted by Crippen LogP contribution is -2.15. The number of sulfonamides is 1. The lowest BCUT2D eigenvalue weighted by molar-refractivity contribution is -0.138. The Bertz CT molecular complexity index is 893. The molecule has 0 aliphatic carbocycles. The Balaban J connectivity index is 2.41. The topological polar surface area (TPSA) is 46.2 Å². The van der Waals surface area contributed by atoms with Crippen LogP contribution < -0.4 is 4.72 Å². The van der Waals surface area contributed by atoms with Crippen molar-refractivity contribution >= 4 is 27.3 Å². The van der Waals surface area contributed by atoms with Gasteiger partial charge in [-0.3, -0.25) is 4.72 Å². The monoisotopic (exact) mass is 403 g/mol. The Morgan fingerprint density at radius 3 is 2.08 bits per heavy atom. The molecule has 0 bridgehead atoms. The molecule has 0 aliphatic rings. The molecule has 0 amide bonds. The first-order valence-electron chi connectivity index (χ1n) is 6.37. The average Bonchev–Trinajstić information content (AvgIpc) is 2.45. The van der Waals surface area contributed by atoms with E-state index >= 15 is 0 Å². The van der Waals surface area contributed by atoms with Crippen molar-refractivity contribution in [2.45, 2.75) is 17.2 Å². The van der Waals surface area contributed by atoms with E-state index < -0.39 is 49.1 Å². The van der Waals surface area contributed by atoms with E-state index in [4.69, 9.17) is 11.6 Å². The summed E-state index contributed by atoms with van der Waals surface area (Å²) in [5.41, 5.74) is -2.93. The van der Waals surface area contributed by atoms with Crippen molar-refractivity contribution in [3.05, 3.63) is 58.6 Å². The quantitative estimate of drug-likeness (QED) is 0.718. The van der Waals surface area contributed by atoms with E-state index in [0.29, 0.717) is 12.1 Å². The molecule has 0 aromatic heterocycles. The molecule has 0 saturated carbocycles. The lowest BCUT2D eigenvalue weighted by atomic mass is 10.2. The van der Waals surface area contributed by atoms with Gasteiger partial charge >= 0.3 is 12.4 Å². The molecule has 0 spiro atoms. The highest BCUT2D eigenvalue weighted by molar-refractivity contribution is 7.92. The zero-order chi connectivity index (χ0) is 19.0. The molecule has 3 nitrogen and oxygen atoms in total. The number of hydrogen-bond donors (Lipinski definition) is 1. The van der Waals surface area contributed by atoms with Crippen molar-refractivity contribution in [3.63, 3.8) is 0 Å². The van der Waals surface area contributed by atoms with Gasteiger partial charge in [0.05, 0.1) is 21.0 Å². The Morgan fingerprint density at radius 1 is 0.880 bits per heavy atom. The van der Waals surface area contributed by atoms with Crippen LogP contribution in [0.15, 0.2) is 47.4 Å². The van der Waals surface area contributed by atoms with Gasteiger partial charge in [-0.05, 0) is 36.4 Å². The summed E-state index contributed by atoms with van der Waals surface area (Å²) in [6.07, 6.45) is -9.59. The number of nitrogens with one attached hydrogen (secondary N) is 1. The first-order chi connectivity index (χ1) is 11.3. The fourth-order valence-corrected chi connectivity index (χ4v) is 3.16. The van der Waals surface area contributed by atoms with Gasteiger partial charge < -0.3 is 0 Å². The standard InChI is InChI=1S/C14H8ClF6NO2S/c15-12-5-4-10(7-11(12)14(19,20)21)25(23,24)22-9-3-1-2-8(6-9)13(16,17)18/h1-7,22H. The summed E-state index contributed by atoms with van der Waals surface area (Å²) in [6, 6.07) is 5.11. The Hall–Kier alpha value is -1.94. The Kier molecular flexibility index (Phi) is 4.97. The van der Waals surface area contributed by atoms with Gasteiger partial charge in [-0.25, -0.2) is 8.42 Å². The van der Waals surface area contributed by atoms with Crippen molar-refractivity contribution in [2.24, 2.45) is 0 Å². The lowest BCUT2D eigenvalue weighted by Gasteiger charge is -2.13. The van der Waals surface area contributed by atoms with Gasteiger partial charge in [0, 0.05) is 5.69 Å². The van der Waals surface area contributed by atoms with Crippen molar-refractivity contribution in [1.82, 2.24) is 0 Å². The van der Waals surface area contributed by atoms with Crippen molar-refractivity contribution in [1.29, 1.82) is 0 Å². The maximum absolute atomic E-state index is 12.8. The van der Waals surface area contributed by atoms with E-state index in [1.807, 2.05) is 0 Å². The number of hydrogen-bond acceptors (Lipinski definition) is 2. The van der Waals surface area contributed by atoms with Crippen LogP contribution in [-0.4, -0.2) is 8.42 Å². The van der Waals surface area contributed by atoms with E-state index in [9.17, 15) is 34.8 Å². The van der Waals surface area contributed by atoms with Crippen molar-refractivity contribution < 1.29 is 34.8 Å². The largest absolute Gasteiger partial charge is 0.417 e. The van der Waals surface area contributed by atoms with Gasteiger partial charge in [0.15, 0.2) is 0 Å². The van der Waals surface area contributed by atoms with E-state index in [2.05, 4.69) is 0 Å². The van der Waals surface area contributed by atoms with Crippen LogP contribution in [-0.2, 0) is 22.4 Å². The maximum Gasteiger partial charge on any atom is 0.417 e. The van der Waals surface area contributed by atoms with Crippen molar-refractivity contribution in [2.75, 3.05) is 4.72 Å². The smallest absolute Gasteiger partial charge is 0.280 e. The number of benzene rings is 2. The highest BCUT2D eigenvalue weighted by atomic mass is 35.5. The average molecular weight is 404 g/mol. The van der Waals surface area contributed by atoms with Gasteiger partial charge in [0.25, 0.3) is 10.0 Å². The zero-order valence-corrected chi connectivity index (χ0v) is 13.5. The number of anilines is 1. The van der Waals surface area contributed by atoms with Crippen LogP contribution in [0.4, 0.5) is 32.0 Å². The van der Waals surface area contributed by atoms with Gasteiger partial charge in [-0.15, -0.1) is 0 Å². The molecule has 0 fully saturated rings. The summed E-state index contributed by atoms with van der Waals surface area (Å²) >= 11 is 5.40. The van der Waals surface area contributed by atoms with Gasteiger partial charge in [-0.2, -0.15) is 26.3 Å². The molecule has 0 saturated heterocycles. The third-order valence-electron chi connectivity index (χ3n) is 3.00. The third kappa shape index (κ3) is 4.57. The van der Waals surface area contributed by atoms with Crippen LogP contribution in [0.3, 0.4) is 0 Å². The summed E-state index contributed by atoms with van der Waals surface area (Å²) in [5, 5.41) is -0.703. The number of alkyl halides is 6. The molecule has 0 atom stereocenters. The highest BCUT2D eigenvalue weighted by Gasteiger charge is 2.35. The molecule has 0 radical (unpaired) electrons. The predicted molar refractivity (Wildman–Crippen MR) is 78.7 cm³/mol. The van der Waals surface area contributed by atoms with E-state index in [0.717, 1.165) is 30.3 Å². The summed E-state index contributed by atoms with van der Waals surface area (Å²) in [4.78, 5) is -0.790. The van der Waals surface area contributed by atoms with Crippen LogP contribution in [0, 0.1) is 0 Å². The van der Waals surface area contributed by atoms with Crippen molar-refractivity contribution in [3.8, 4) is 0 Å². The van der Waals surface area contributed by atoms with E-state index in [1.54, 1.807) is 4.72 Å². The first-order valence-corrected chi connectivity index (χ1v) is 8.23. The second-order valence-corrected chi connectivity index (χ2v) is 6.91. The summed E-state index contributed by atoms with van der Waals surface area (Å²) < 4.78 is 102. The first kappa shape index (κ1) is 19.4. The summed E-state index contributed by atoms with van der Waals surface area (Å²) in [6.45, 7) is 0. The van der Waals surface area contributed by atoms with Gasteiger partial charge in [0.1, 0.15) is 0 Å². The zero-order valence-electron chi connectivity index (χ0n) is 11.9. The molecule has 0 heterocycles. The molecule has 25 heavy (non-hydrogen) atoms. The van der Waals surface area contributed by atoms with E-state index in [1.165, 1.54) is 0 Å². The molecule has 1 N–H and O–H groups in total. The molecule has 2 aromatic rings. The second-order valence-electron chi connectivity index (χ2n) is 4.82. The molecule has 0 unspecified atom stereocenters. The maximum atomic E-state index is 12.8. The molecular weight excluding hydrogens is 396 g/mol. The van der Waals surface area contributed by atoms with Crippen LogP contribution in [0.5, 0.6) is 0 Å². The molecule has 0 aliphatic heterocycles. The Morgan fingerprint density at radius 2 is 1.52 bits per heavy atom. The summed E-state index contributed by atoms with van der Waals surface area (Å²) in [5.74, 6) is 0. The van der Waals surface area contributed by atoms with Crippen LogP contribution in [0.25, 0.3) is 0 Å². The fraction of sp³-hybridized carbons (Fsp3) is 0.143. The number of rotatable bonds is 3. The third-order valence-corrected chi connectivity index (χ3v) is 4.70. The van der Waals surface area contributed by atoms with E-state index in [-0.39, 0.29) is 0 Å². The van der Waals surface area contributed by atoms with Crippen LogP contribution in [0.2, 0.25) is 5.02 Å². The summed E-state index contributed by atoms with van der Waals surface area (Å²) in [7, 11) is -4.55. The fourth-order valence-electron chi connectivity index (χ4n) is 1.86. The second kappa shape index (κ2) is 6.41. The molecular formula is C14H8ClF6NO2S. The van der Waals surface area contributed by atoms with Gasteiger partial charge in [-0.1, -0.05) is 17.7 Å². The normalized spacial score (nSPS) is 12.9. The van der Waals surface area contributed by atoms with Crippen LogP contribution in [0.1, 0.15) is 11.1 Å². The van der Waals surface area contributed by atoms with Gasteiger partial charge in [0.2, 0.25) is 0 Å². The molecule has 11 heteroatoms. The number of halogens is 7. The SMILES string of the molecule is O=S(=O)(Nc1cccc(C(F)(F)F)c1)c1ccc(Cl)c(C(F)(F)F)c1. The minimum absolute atomic E-state index is 0.304. The van der Waals surface area contributed by atoms with Crippen LogP contribution >= 0.6 is 11.6 Å². The molecule has 136 valence electrons. The molecule has 2 rings (SSSR count).